The Bertz CT molecular complexity index is 830. The zero-order chi connectivity index (χ0) is 19.6. The van der Waals surface area contributed by atoms with Crippen LogP contribution in [0.2, 0.25) is 0 Å². The Morgan fingerprint density at radius 2 is 1.93 bits per heavy atom. The number of benzene rings is 1. The van der Waals surface area contributed by atoms with E-state index in [2.05, 4.69) is 5.32 Å². The second-order valence-corrected chi connectivity index (χ2v) is 7.57. The summed E-state index contributed by atoms with van der Waals surface area (Å²) in [5, 5.41) is 14.8. The normalized spacial score (nSPS) is 16.3. The van der Waals surface area contributed by atoms with Crippen LogP contribution in [0.4, 0.5) is 10.5 Å². The van der Waals surface area contributed by atoms with E-state index in [1.54, 1.807) is 31.9 Å². The Balaban J connectivity index is 1.52. The molecule has 1 fully saturated rings. The van der Waals surface area contributed by atoms with Gasteiger partial charge < -0.3 is 24.4 Å². The minimum Gasteiger partial charge on any atom is -0.475 e. The Hall–Kier alpha value is -2.74. The molecule has 1 aromatic carbocycles. The standard InChI is InChI=1S/C19H24N2O6/c1-19(2,3)26-18(24)27-21-8-6-13(7-9-21)20-14-4-5-15-12(10-14)11-16(25-15)17(22)23/h4-5,10-11,13,20H,6-9H2,1-3H3,(H,22,23). The second-order valence-electron chi connectivity index (χ2n) is 7.57. The first-order chi connectivity index (χ1) is 12.7. The number of rotatable bonds is 4. The predicted octanol–water partition coefficient (Wildman–Crippen LogP) is 3.87. The third kappa shape index (κ3) is 5.13. The van der Waals surface area contributed by atoms with Crippen LogP contribution in [0.3, 0.4) is 0 Å². The Morgan fingerprint density at radius 1 is 1.22 bits per heavy atom. The van der Waals surface area contributed by atoms with Gasteiger partial charge in [-0.05, 0) is 57.9 Å². The van der Waals surface area contributed by atoms with Gasteiger partial charge in [0.2, 0.25) is 5.76 Å². The fourth-order valence-corrected chi connectivity index (χ4v) is 2.94. The summed E-state index contributed by atoms with van der Waals surface area (Å²) in [6.45, 7) is 6.59. The summed E-state index contributed by atoms with van der Waals surface area (Å²) in [4.78, 5) is 27.9. The minimum absolute atomic E-state index is 0.0743. The number of piperidine rings is 1. The van der Waals surface area contributed by atoms with E-state index in [0.717, 1.165) is 23.9 Å². The molecule has 1 aliphatic heterocycles. The maximum absolute atomic E-state index is 11.7. The molecule has 0 saturated carbocycles. The number of hydrogen-bond donors (Lipinski definition) is 2. The lowest BCUT2D eigenvalue weighted by Crippen LogP contribution is -2.41. The first-order valence-electron chi connectivity index (χ1n) is 8.89. The van der Waals surface area contributed by atoms with Crippen molar-refractivity contribution in [2.24, 2.45) is 0 Å². The molecule has 146 valence electrons. The van der Waals surface area contributed by atoms with E-state index in [-0.39, 0.29) is 11.8 Å². The number of fused-ring (bicyclic) bond motifs is 1. The Morgan fingerprint density at radius 3 is 2.56 bits per heavy atom. The molecule has 0 atom stereocenters. The largest absolute Gasteiger partial charge is 0.528 e. The first kappa shape index (κ1) is 19.0. The summed E-state index contributed by atoms with van der Waals surface area (Å²) in [5.74, 6) is -1.16. The van der Waals surface area contributed by atoms with E-state index < -0.39 is 17.7 Å². The molecule has 8 heteroatoms. The highest BCUT2D eigenvalue weighted by Gasteiger charge is 2.25. The van der Waals surface area contributed by atoms with Crippen molar-refractivity contribution in [2.75, 3.05) is 18.4 Å². The van der Waals surface area contributed by atoms with E-state index in [1.165, 1.54) is 6.07 Å². The second kappa shape index (κ2) is 7.48. The molecule has 27 heavy (non-hydrogen) atoms. The van der Waals surface area contributed by atoms with Gasteiger partial charge in [-0.25, -0.2) is 9.59 Å². The Kier molecular flexibility index (Phi) is 5.27. The molecule has 2 heterocycles. The van der Waals surface area contributed by atoms with Crippen molar-refractivity contribution >= 4 is 28.8 Å². The van der Waals surface area contributed by atoms with E-state index in [9.17, 15) is 9.59 Å². The van der Waals surface area contributed by atoms with Gasteiger partial charge in [0, 0.05) is 30.2 Å². The van der Waals surface area contributed by atoms with Crippen LogP contribution in [-0.4, -0.2) is 47.0 Å². The Labute approximate surface area is 157 Å². The summed E-state index contributed by atoms with van der Waals surface area (Å²) in [6, 6.07) is 7.23. The maximum atomic E-state index is 11.7. The molecule has 0 aliphatic carbocycles. The van der Waals surface area contributed by atoms with Gasteiger partial charge in [0.1, 0.15) is 11.2 Å². The molecule has 3 rings (SSSR count). The van der Waals surface area contributed by atoms with Crippen LogP contribution in [-0.2, 0) is 9.57 Å². The van der Waals surface area contributed by atoms with Crippen molar-refractivity contribution in [3.05, 3.63) is 30.0 Å². The lowest BCUT2D eigenvalue weighted by Gasteiger charge is -2.31. The summed E-state index contributed by atoms with van der Waals surface area (Å²) < 4.78 is 10.4. The molecule has 2 aromatic rings. The van der Waals surface area contributed by atoms with E-state index in [4.69, 9.17) is 19.1 Å². The maximum Gasteiger partial charge on any atom is 0.528 e. The van der Waals surface area contributed by atoms with Gasteiger partial charge in [-0.15, -0.1) is 5.06 Å². The molecule has 0 unspecified atom stereocenters. The lowest BCUT2D eigenvalue weighted by molar-refractivity contribution is -0.151. The van der Waals surface area contributed by atoms with Gasteiger partial charge in [-0.3, -0.25) is 0 Å². The molecular weight excluding hydrogens is 352 g/mol. The number of furan rings is 1. The quantitative estimate of drug-likeness (QED) is 0.776. The summed E-state index contributed by atoms with van der Waals surface area (Å²) in [6.07, 6.45) is 0.910. The van der Waals surface area contributed by atoms with Crippen molar-refractivity contribution < 1.29 is 28.7 Å². The molecule has 1 saturated heterocycles. The van der Waals surface area contributed by atoms with Gasteiger partial charge in [0.25, 0.3) is 0 Å². The number of carboxylic acids is 1. The molecule has 0 spiro atoms. The minimum atomic E-state index is -1.09. The molecule has 0 bridgehead atoms. The number of ether oxygens (including phenoxy) is 1. The van der Waals surface area contributed by atoms with Gasteiger partial charge in [0.05, 0.1) is 0 Å². The highest BCUT2D eigenvalue weighted by molar-refractivity contribution is 5.92. The first-order valence-corrected chi connectivity index (χ1v) is 8.89. The van der Waals surface area contributed by atoms with Crippen molar-refractivity contribution in [3.8, 4) is 0 Å². The number of carboxylic acid groups (broad SMARTS) is 1. The molecule has 0 amide bonds. The summed E-state index contributed by atoms with van der Waals surface area (Å²) in [5.41, 5.74) is 0.855. The van der Waals surface area contributed by atoms with Crippen molar-refractivity contribution in [1.29, 1.82) is 0 Å². The lowest BCUT2D eigenvalue weighted by atomic mass is 10.1. The summed E-state index contributed by atoms with van der Waals surface area (Å²) >= 11 is 0. The number of hydrogen-bond acceptors (Lipinski definition) is 7. The molecule has 1 aromatic heterocycles. The monoisotopic (exact) mass is 376 g/mol. The van der Waals surface area contributed by atoms with Crippen LogP contribution >= 0.6 is 0 Å². The van der Waals surface area contributed by atoms with Gasteiger partial charge >= 0.3 is 12.1 Å². The van der Waals surface area contributed by atoms with Crippen molar-refractivity contribution in [2.45, 2.75) is 45.3 Å². The van der Waals surface area contributed by atoms with Crippen LogP contribution in [0.1, 0.15) is 44.2 Å². The predicted molar refractivity (Wildman–Crippen MR) is 98.7 cm³/mol. The topological polar surface area (TPSA) is 101 Å². The number of carbonyl (C=O) groups excluding carboxylic acids is 1. The number of aromatic carboxylic acids is 1. The van der Waals surface area contributed by atoms with Crippen LogP contribution < -0.4 is 5.32 Å². The highest BCUT2D eigenvalue weighted by Crippen LogP contribution is 2.25. The number of anilines is 1. The smallest absolute Gasteiger partial charge is 0.475 e. The van der Waals surface area contributed by atoms with E-state index in [0.29, 0.717) is 18.7 Å². The third-order valence-corrected chi connectivity index (χ3v) is 4.14. The fourth-order valence-electron chi connectivity index (χ4n) is 2.94. The molecule has 2 N–H and O–H groups in total. The fraction of sp³-hybridized carbons (Fsp3) is 0.474. The average Bonchev–Trinajstić information content (AvgIpc) is 2.98. The van der Waals surface area contributed by atoms with Gasteiger partial charge in [-0.1, -0.05) is 0 Å². The van der Waals surface area contributed by atoms with Crippen LogP contribution in [0, 0.1) is 0 Å². The van der Waals surface area contributed by atoms with E-state index in [1.807, 2.05) is 12.1 Å². The molecular formula is C19H24N2O6. The number of nitrogens with zero attached hydrogens (tertiary/aromatic N) is 1. The van der Waals surface area contributed by atoms with Crippen molar-refractivity contribution in [3.63, 3.8) is 0 Å². The number of nitrogens with one attached hydrogen (secondary N) is 1. The molecule has 0 radical (unpaired) electrons. The van der Waals surface area contributed by atoms with E-state index >= 15 is 0 Å². The van der Waals surface area contributed by atoms with Crippen molar-refractivity contribution in [1.82, 2.24) is 5.06 Å². The van der Waals surface area contributed by atoms with Crippen LogP contribution in [0.15, 0.2) is 28.7 Å². The average molecular weight is 376 g/mol. The third-order valence-electron chi connectivity index (χ3n) is 4.14. The SMILES string of the molecule is CC(C)(C)OC(=O)ON1CCC(Nc2ccc3oc(C(=O)O)cc3c2)CC1. The van der Waals surface area contributed by atoms with Crippen LogP contribution in [0.5, 0.6) is 0 Å². The summed E-state index contributed by atoms with van der Waals surface area (Å²) in [7, 11) is 0. The zero-order valence-electron chi connectivity index (χ0n) is 15.7. The van der Waals surface area contributed by atoms with Gasteiger partial charge in [-0.2, -0.15) is 0 Å². The highest BCUT2D eigenvalue weighted by atomic mass is 16.8. The molecule has 8 nitrogen and oxygen atoms in total. The van der Waals surface area contributed by atoms with Gasteiger partial charge in [0.15, 0.2) is 0 Å². The van der Waals surface area contributed by atoms with Crippen LogP contribution in [0.25, 0.3) is 11.0 Å². The molecule has 1 aliphatic rings. The zero-order valence-corrected chi connectivity index (χ0v) is 15.7. The number of carbonyl (C=O) groups is 2. The number of hydroxylamine groups is 2.